The molecule has 7 nitrogen and oxygen atoms in total. The van der Waals surface area contributed by atoms with Gasteiger partial charge in [0.25, 0.3) is 0 Å². The molecule has 2 N–H and O–H groups in total. The molecule has 2 aromatic carbocycles. The van der Waals surface area contributed by atoms with Gasteiger partial charge in [-0.2, -0.15) is 4.98 Å². The molecule has 0 amide bonds. The molecule has 0 spiro atoms. The van der Waals surface area contributed by atoms with Crippen LogP contribution in [0.5, 0.6) is 11.5 Å². The summed E-state index contributed by atoms with van der Waals surface area (Å²) >= 11 is 0. The monoisotopic (exact) mass is 379 g/mol. The SMILES string of the molecule is COc1cc2nc(N3CCN(c4cccc(C)c4)CC3)nc(N)c2cc1OC. The van der Waals surface area contributed by atoms with E-state index in [0.717, 1.165) is 37.1 Å². The van der Waals surface area contributed by atoms with Crippen molar-refractivity contribution in [2.45, 2.75) is 6.92 Å². The van der Waals surface area contributed by atoms with E-state index in [9.17, 15) is 0 Å². The first-order valence-corrected chi connectivity index (χ1v) is 9.35. The molecule has 0 unspecified atom stereocenters. The highest BCUT2D eigenvalue weighted by Gasteiger charge is 2.21. The fraction of sp³-hybridized carbons (Fsp3) is 0.333. The largest absolute Gasteiger partial charge is 0.493 e. The van der Waals surface area contributed by atoms with Gasteiger partial charge in [-0.3, -0.25) is 0 Å². The first-order valence-electron chi connectivity index (χ1n) is 9.35. The maximum absolute atomic E-state index is 6.23. The minimum absolute atomic E-state index is 0.446. The molecule has 0 bridgehead atoms. The Morgan fingerprint density at radius 2 is 1.57 bits per heavy atom. The molecule has 1 aliphatic heterocycles. The lowest BCUT2D eigenvalue weighted by Gasteiger charge is -2.36. The van der Waals surface area contributed by atoms with Crippen LogP contribution in [0.1, 0.15) is 5.56 Å². The molecule has 0 atom stereocenters. The van der Waals surface area contributed by atoms with Crippen LogP contribution in [-0.2, 0) is 0 Å². The molecule has 7 heteroatoms. The van der Waals surface area contributed by atoms with E-state index in [1.165, 1.54) is 11.3 Å². The van der Waals surface area contributed by atoms with E-state index >= 15 is 0 Å². The standard InChI is InChI=1S/C21H25N5O2/c1-14-5-4-6-15(11-14)25-7-9-26(10-8-25)21-23-17-13-19(28-3)18(27-2)12-16(17)20(22)24-21/h4-6,11-13H,7-10H2,1-3H3,(H2,22,23,24). The van der Waals surface area contributed by atoms with Crippen LogP contribution in [0.4, 0.5) is 17.5 Å². The molecular formula is C21H25N5O2. The van der Waals surface area contributed by atoms with E-state index in [1.54, 1.807) is 14.2 Å². The van der Waals surface area contributed by atoms with E-state index in [4.69, 9.17) is 20.2 Å². The van der Waals surface area contributed by atoms with Crippen LogP contribution in [0.15, 0.2) is 36.4 Å². The predicted molar refractivity (Wildman–Crippen MR) is 113 cm³/mol. The number of hydrogen-bond acceptors (Lipinski definition) is 7. The van der Waals surface area contributed by atoms with Gasteiger partial charge < -0.3 is 25.0 Å². The highest BCUT2D eigenvalue weighted by Crippen LogP contribution is 2.34. The number of rotatable bonds is 4. The van der Waals surface area contributed by atoms with E-state index < -0.39 is 0 Å². The van der Waals surface area contributed by atoms with Crippen LogP contribution in [0.3, 0.4) is 0 Å². The molecule has 4 rings (SSSR count). The van der Waals surface area contributed by atoms with E-state index in [1.807, 2.05) is 12.1 Å². The van der Waals surface area contributed by atoms with Gasteiger partial charge in [-0.15, -0.1) is 0 Å². The third-order valence-corrected chi connectivity index (χ3v) is 5.15. The van der Waals surface area contributed by atoms with Crippen molar-refractivity contribution >= 4 is 28.4 Å². The van der Waals surface area contributed by atoms with Gasteiger partial charge in [0.05, 0.1) is 19.7 Å². The minimum atomic E-state index is 0.446. The molecule has 1 saturated heterocycles. The van der Waals surface area contributed by atoms with Crippen LogP contribution in [0.2, 0.25) is 0 Å². The Balaban J connectivity index is 1.58. The van der Waals surface area contributed by atoms with Crippen LogP contribution in [0, 0.1) is 6.92 Å². The minimum Gasteiger partial charge on any atom is -0.493 e. The van der Waals surface area contributed by atoms with Crippen molar-refractivity contribution in [3.8, 4) is 11.5 Å². The smallest absolute Gasteiger partial charge is 0.228 e. The van der Waals surface area contributed by atoms with Gasteiger partial charge in [0.15, 0.2) is 11.5 Å². The van der Waals surface area contributed by atoms with Crippen molar-refractivity contribution in [2.24, 2.45) is 0 Å². The van der Waals surface area contributed by atoms with Crippen molar-refractivity contribution in [3.63, 3.8) is 0 Å². The maximum Gasteiger partial charge on any atom is 0.228 e. The third kappa shape index (κ3) is 3.35. The van der Waals surface area contributed by atoms with Crippen molar-refractivity contribution in [1.82, 2.24) is 9.97 Å². The van der Waals surface area contributed by atoms with Crippen LogP contribution >= 0.6 is 0 Å². The van der Waals surface area contributed by atoms with Crippen LogP contribution < -0.4 is 25.0 Å². The summed E-state index contributed by atoms with van der Waals surface area (Å²) in [6, 6.07) is 12.3. The normalized spacial score (nSPS) is 14.4. The van der Waals surface area contributed by atoms with Gasteiger partial charge in [0.1, 0.15) is 5.82 Å². The summed E-state index contributed by atoms with van der Waals surface area (Å²) in [6.07, 6.45) is 0. The Kier molecular flexibility index (Phi) is 4.81. The summed E-state index contributed by atoms with van der Waals surface area (Å²) in [6.45, 7) is 5.63. The molecule has 0 aliphatic carbocycles. The summed E-state index contributed by atoms with van der Waals surface area (Å²) < 4.78 is 10.8. The average molecular weight is 379 g/mol. The predicted octanol–water partition coefficient (Wildman–Crippen LogP) is 2.86. The Hall–Kier alpha value is -3.22. The molecule has 146 valence electrons. The van der Waals surface area contributed by atoms with Gasteiger partial charge in [-0.1, -0.05) is 12.1 Å². The molecule has 1 aliphatic rings. The van der Waals surface area contributed by atoms with Gasteiger partial charge in [-0.05, 0) is 30.7 Å². The van der Waals surface area contributed by atoms with E-state index in [2.05, 4.69) is 46.0 Å². The molecule has 1 aromatic heterocycles. The zero-order valence-electron chi connectivity index (χ0n) is 16.5. The lowest BCUT2D eigenvalue weighted by atomic mass is 10.2. The number of hydrogen-bond donors (Lipinski definition) is 1. The second-order valence-corrected chi connectivity index (χ2v) is 6.95. The quantitative estimate of drug-likeness (QED) is 0.747. The molecule has 3 aromatic rings. The first kappa shape index (κ1) is 18.2. The van der Waals surface area contributed by atoms with Crippen molar-refractivity contribution < 1.29 is 9.47 Å². The molecule has 0 radical (unpaired) electrons. The number of benzene rings is 2. The lowest BCUT2D eigenvalue weighted by Crippen LogP contribution is -2.47. The molecule has 2 heterocycles. The lowest BCUT2D eigenvalue weighted by molar-refractivity contribution is 0.356. The molecule has 0 saturated carbocycles. The number of ether oxygens (including phenoxy) is 2. The number of anilines is 3. The number of nitrogens with two attached hydrogens (primary N) is 1. The Morgan fingerprint density at radius 1 is 0.893 bits per heavy atom. The second-order valence-electron chi connectivity index (χ2n) is 6.95. The Bertz CT molecular complexity index is 999. The number of piperazine rings is 1. The fourth-order valence-electron chi connectivity index (χ4n) is 3.60. The van der Waals surface area contributed by atoms with Gasteiger partial charge in [-0.25, -0.2) is 4.98 Å². The van der Waals surface area contributed by atoms with Crippen molar-refractivity contribution in [2.75, 3.05) is 55.9 Å². The highest BCUT2D eigenvalue weighted by molar-refractivity contribution is 5.91. The first-order chi connectivity index (χ1) is 13.6. The maximum atomic E-state index is 6.23. The zero-order chi connectivity index (χ0) is 19.7. The summed E-state index contributed by atoms with van der Waals surface area (Å²) in [4.78, 5) is 13.9. The van der Waals surface area contributed by atoms with Crippen LogP contribution in [-0.4, -0.2) is 50.4 Å². The fourth-order valence-corrected chi connectivity index (χ4v) is 3.60. The van der Waals surface area contributed by atoms with Crippen molar-refractivity contribution in [3.05, 3.63) is 42.0 Å². The molecule has 28 heavy (non-hydrogen) atoms. The summed E-state index contributed by atoms with van der Waals surface area (Å²) in [7, 11) is 3.21. The van der Waals surface area contributed by atoms with Gasteiger partial charge in [0, 0.05) is 43.3 Å². The zero-order valence-corrected chi connectivity index (χ0v) is 16.5. The second kappa shape index (κ2) is 7.42. The average Bonchev–Trinajstić information content (AvgIpc) is 2.73. The number of nitrogens with zero attached hydrogens (tertiary/aromatic N) is 4. The Morgan fingerprint density at radius 3 is 2.25 bits per heavy atom. The summed E-state index contributed by atoms with van der Waals surface area (Å²) in [5.41, 5.74) is 9.51. The number of aryl methyl sites for hydroxylation is 1. The molecular weight excluding hydrogens is 354 g/mol. The van der Waals surface area contributed by atoms with Crippen molar-refractivity contribution in [1.29, 1.82) is 0 Å². The van der Waals surface area contributed by atoms with Crippen LogP contribution in [0.25, 0.3) is 10.9 Å². The summed E-state index contributed by atoms with van der Waals surface area (Å²) in [5, 5.41) is 0.764. The van der Waals surface area contributed by atoms with Gasteiger partial charge in [0.2, 0.25) is 5.95 Å². The molecule has 1 fully saturated rings. The van der Waals surface area contributed by atoms with E-state index in [0.29, 0.717) is 23.3 Å². The summed E-state index contributed by atoms with van der Waals surface area (Å²) in [5.74, 6) is 2.34. The number of nitrogen functional groups attached to an aromatic ring is 1. The third-order valence-electron chi connectivity index (χ3n) is 5.15. The number of methoxy groups -OCH3 is 2. The Labute approximate surface area is 164 Å². The topological polar surface area (TPSA) is 76.7 Å². The number of fused-ring (bicyclic) bond motifs is 1. The van der Waals surface area contributed by atoms with E-state index in [-0.39, 0.29) is 0 Å². The number of aromatic nitrogens is 2. The highest BCUT2D eigenvalue weighted by atomic mass is 16.5. The van der Waals surface area contributed by atoms with Gasteiger partial charge >= 0.3 is 0 Å².